The zero-order valence-electron chi connectivity index (χ0n) is 10.8. The third-order valence-electron chi connectivity index (χ3n) is 4.49. The Morgan fingerprint density at radius 1 is 1.21 bits per heavy atom. The van der Waals surface area contributed by atoms with Crippen molar-refractivity contribution in [1.29, 1.82) is 5.26 Å². The van der Waals surface area contributed by atoms with E-state index in [0.29, 0.717) is 24.3 Å². The summed E-state index contributed by atoms with van der Waals surface area (Å²) in [7, 11) is 0. The van der Waals surface area contributed by atoms with E-state index >= 15 is 0 Å². The van der Waals surface area contributed by atoms with Crippen LogP contribution in [0.3, 0.4) is 0 Å². The zero-order valence-corrected chi connectivity index (χ0v) is 10.8. The van der Waals surface area contributed by atoms with Crippen molar-refractivity contribution in [3.05, 3.63) is 35.6 Å². The lowest BCUT2D eigenvalue weighted by Gasteiger charge is -2.34. The number of benzene rings is 1. The molecule has 2 aliphatic rings. The second-order valence-electron chi connectivity index (χ2n) is 5.55. The molecule has 0 radical (unpaired) electrons. The van der Waals surface area contributed by atoms with Crippen LogP contribution in [0.25, 0.3) is 0 Å². The van der Waals surface area contributed by atoms with Crippen molar-refractivity contribution >= 4 is 0 Å². The number of hydrogen-bond acceptors (Lipinski definition) is 3. The van der Waals surface area contributed by atoms with Crippen molar-refractivity contribution in [1.82, 2.24) is 10.9 Å². The average molecular weight is 259 g/mol. The molecule has 0 spiro atoms. The van der Waals surface area contributed by atoms with E-state index in [1.807, 2.05) is 12.1 Å². The maximum atomic E-state index is 13.0. The molecule has 0 aromatic heterocycles. The monoisotopic (exact) mass is 259 g/mol. The molecule has 1 heterocycles. The summed E-state index contributed by atoms with van der Waals surface area (Å²) in [5.74, 6) is 0.656. The van der Waals surface area contributed by atoms with Gasteiger partial charge < -0.3 is 0 Å². The van der Waals surface area contributed by atoms with Crippen LogP contribution in [-0.4, -0.2) is 6.04 Å². The van der Waals surface area contributed by atoms with Gasteiger partial charge in [0.1, 0.15) is 5.82 Å². The van der Waals surface area contributed by atoms with Crippen LogP contribution in [0.2, 0.25) is 0 Å². The molecule has 1 aliphatic heterocycles. The van der Waals surface area contributed by atoms with Crippen LogP contribution in [0.5, 0.6) is 0 Å². The Hall–Kier alpha value is -1.44. The minimum Gasteiger partial charge on any atom is -0.254 e. The van der Waals surface area contributed by atoms with Gasteiger partial charge in [-0.05, 0) is 36.5 Å². The van der Waals surface area contributed by atoms with Gasteiger partial charge in [-0.15, -0.1) is 0 Å². The van der Waals surface area contributed by atoms with Crippen LogP contribution >= 0.6 is 0 Å². The Bertz CT molecular complexity index is 479. The van der Waals surface area contributed by atoms with Crippen molar-refractivity contribution in [2.24, 2.45) is 11.8 Å². The standard InChI is InChI=1S/C15H18FN3/c16-12-6-4-11(5-7-12)15-14-10(8-9-17)2-1-3-13(14)18-19-15/h4-7,10,13-15,18-19H,1-3,8H2. The summed E-state index contributed by atoms with van der Waals surface area (Å²) < 4.78 is 13.0. The highest BCUT2D eigenvalue weighted by molar-refractivity contribution is 5.23. The lowest BCUT2D eigenvalue weighted by molar-refractivity contribution is 0.205. The predicted molar refractivity (Wildman–Crippen MR) is 70.3 cm³/mol. The quantitative estimate of drug-likeness (QED) is 0.858. The van der Waals surface area contributed by atoms with Gasteiger partial charge >= 0.3 is 0 Å². The fraction of sp³-hybridized carbons (Fsp3) is 0.533. The van der Waals surface area contributed by atoms with Gasteiger partial charge in [0.25, 0.3) is 0 Å². The van der Waals surface area contributed by atoms with Crippen LogP contribution in [0.1, 0.15) is 37.3 Å². The molecule has 1 saturated heterocycles. The first kappa shape index (κ1) is 12.6. The lowest BCUT2D eigenvalue weighted by atomic mass is 9.71. The third-order valence-corrected chi connectivity index (χ3v) is 4.49. The number of hydrogen-bond donors (Lipinski definition) is 2. The number of nitrogens with zero attached hydrogens (tertiary/aromatic N) is 1. The van der Waals surface area contributed by atoms with Gasteiger partial charge in [-0.25, -0.2) is 9.82 Å². The highest BCUT2D eigenvalue weighted by Gasteiger charge is 2.43. The van der Waals surface area contributed by atoms with Crippen LogP contribution in [0.4, 0.5) is 4.39 Å². The summed E-state index contributed by atoms with van der Waals surface area (Å²) in [6.07, 6.45) is 4.06. The summed E-state index contributed by atoms with van der Waals surface area (Å²) in [5, 5.41) is 8.99. The molecule has 1 aromatic carbocycles. The zero-order chi connectivity index (χ0) is 13.2. The molecule has 0 amide bonds. The Balaban J connectivity index is 1.85. The molecule has 4 unspecified atom stereocenters. The predicted octanol–water partition coefficient (Wildman–Crippen LogP) is 2.67. The minimum absolute atomic E-state index is 0.184. The highest BCUT2D eigenvalue weighted by Crippen LogP contribution is 2.42. The second kappa shape index (κ2) is 5.28. The normalized spacial score (nSPS) is 33.7. The molecule has 1 aliphatic carbocycles. The molecule has 4 heteroatoms. The Morgan fingerprint density at radius 2 is 2.00 bits per heavy atom. The summed E-state index contributed by atoms with van der Waals surface area (Å²) in [4.78, 5) is 0. The van der Waals surface area contributed by atoms with Gasteiger partial charge in [-0.3, -0.25) is 5.43 Å². The van der Waals surface area contributed by atoms with E-state index in [0.717, 1.165) is 18.4 Å². The first-order valence-corrected chi connectivity index (χ1v) is 6.93. The fourth-order valence-corrected chi connectivity index (χ4v) is 3.61. The van der Waals surface area contributed by atoms with Gasteiger partial charge in [-0.1, -0.05) is 18.6 Å². The van der Waals surface area contributed by atoms with E-state index in [1.165, 1.54) is 18.6 Å². The largest absolute Gasteiger partial charge is 0.254 e. The summed E-state index contributed by atoms with van der Waals surface area (Å²) in [6.45, 7) is 0. The van der Waals surface area contributed by atoms with E-state index in [2.05, 4.69) is 16.9 Å². The molecule has 100 valence electrons. The molecule has 1 aromatic rings. The second-order valence-corrected chi connectivity index (χ2v) is 5.55. The highest BCUT2D eigenvalue weighted by atomic mass is 19.1. The van der Waals surface area contributed by atoms with Crippen molar-refractivity contribution in [3.8, 4) is 6.07 Å². The summed E-state index contributed by atoms with van der Waals surface area (Å²) in [5.41, 5.74) is 7.80. The van der Waals surface area contributed by atoms with Crippen molar-refractivity contribution in [2.45, 2.75) is 37.8 Å². The van der Waals surface area contributed by atoms with Crippen LogP contribution in [0.15, 0.2) is 24.3 Å². The van der Waals surface area contributed by atoms with E-state index < -0.39 is 0 Å². The fourth-order valence-electron chi connectivity index (χ4n) is 3.61. The first-order valence-electron chi connectivity index (χ1n) is 6.93. The number of fused-ring (bicyclic) bond motifs is 1. The number of nitrogens with one attached hydrogen (secondary N) is 2. The molecule has 4 atom stereocenters. The molecule has 2 fully saturated rings. The van der Waals surface area contributed by atoms with Crippen molar-refractivity contribution in [3.63, 3.8) is 0 Å². The van der Waals surface area contributed by atoms with E-state index in [1.54, 1.807) is 0 Å². The lowest BCUT2D eigenvalue weighted by Crippen LogP contribution is -2.36. The van der Waals surface area contributed by atoms with Crippen LogP contribution in [0, 0.1) is 29.0 Å². The number of halogens is 1. The van der Waals surface area contributed by atoms with Crippen molar-refractivity contribution < 1.29 is 4.39 Å². The van der Waals surface area contributed by atoms with Crippen LogP contribution in [-0.2, 0) is 0 Å². The maximum Gasteiger partial charge on any atom is 0.123 e. The molecule has 0 bridgehead atoms. The summed E-state index contributed by atoms with van der Waals surface area (Å²) >= 11 is 0. The van der Waals surface area contributed by atoms with E-state index in [9.17, 15) is 4.39 Å². The minimum atomic E-state index is -0.205. The van der Waals surface area contributed by atoms with Gasteiger partial charge in [0.15, 0.2) is 0 Å². The molecule has 2 N–H and O–H groups in total. The Labute approximate surface area is 112 Å². The molecule has 1 saturated carbocycles. The SMILES string of the molecule is N#CCC1CCCC2NNC(c3ccc(F)cc3)C12. The molecule has 3 rings (SSSR count). The van der Waals surface area contributed by atoms with Gasteiger partial charge in [0, 0.05) is 18.4 Å². The molecule has 19 heavy (non-hydrogen) atoms. The Kier molecular flexibility index (Phi) is 3.50. The number of nitriles is 1. The van der Waals surface area contributed by atoms with Gasteiger partial charge in [0.2, 0.25) is 0 Å². The molecule has 3 nitrogen and oxygen atoms in total. The van der Waals surface area contributed by atoms with Crippen molar-refractivity contribution in [2.75, 3.05) is 0 Å². The Morgan fingerprint density at radius 3 is 2.74 bits per heavy atom. The maximum absolute atomic E-state index is 13.0. The average Bonchev–Trinajstić information content (AvgIpc) is 2.85. The number of hydrazine groups is 1. The van der Waals surface area contributed by atoms with E-state index in [4.69, 9.17) is 5.26 Å². The van der Waals surface area contributed by atoms with Crippen LogP contribution < -0.4 is 10.9 Å². The summed E-state index contributed by atoms with van der Waals surface area (Å²) in [6, 6.07) is 9.63. The van der Waals surface area contributed by atoms with Gasteiger partial charge in [-0.2, -0.15) is 5.26 Å². The van der Waals surface area contributed by atoms with Gasteiger partial charge in [0.05, 0.1) is 12.1 Å². The third kappa shape index (κ3) is 2.36. The molecular formula is C15H18FN3. The van der Waals surface area contributed by atoms with E-state index in [-0.39, 0.29) is 11.9 Å². The topological polar surface area (TPSA) is 47.9 Å². The first-order chi connectivity index (χ1) is 9.29. The molecular weight excluding hydrogens is 241 g/mol. The smallest absolute Gasteiger partial charge is 0.123 e. The number of rotatable bonds is 2.